The summed E-state index contributed by atoms with van der Waals surface area (Å²) in [5.74, 6) is -0.0413. The third-order valence-corrected chi connectivity index (χ3v) is 8.01. The number of amides is 2. The third kappa shape index (κ3) is 4.52. The van der Waals surface area contributed by atoms with Crippen molar-refractivity contribution in [1.82, 2.24) is 5.32 Å². The molecule has 0 bridgehead atoms. The van der Waals surface area contributed by atoms with Gasteiger partial charge in [-0.25, -0.2) is 0 Å². The lowest BCUT2D eigenvalue weighted by molar-refractivity contribution is -0.117. The van der Waals surface area contributed by atoms with Crippen molar-refractivity contribution < 1.29 is 9.59 Å². The molecule has 0 radical (unpaired) electrons. The Bertz CT molecular complexity index is 1010. The van der Waals surface area contributed by atoms with E-state index in [1.807, 2.05) is 0 Å². The summed E-state index contributed by atoms with van der Waals surface area (Å²) < 4.78 is -1.29. The van der Waals surface area contributed by atoms with Crippen LogP contribution in [0, 0.1) is 5.92 Å². The molecule has 2 atom stereocenters. The quantitative estimate of drug-likeness (QED) is 0.471. The second-order valence-corrected chi connectivity index (χ2v) is 11.0. The van der Waals surface area contributed by atoms with Gasteiger partial charge < -0.3 is 10.6 Å². The topological polar surface area (TPSA) is 58.2 Å². The molecule has 1 heterocycles. The average Bonchev–Trinajstić information content (AvgIpc) is 3.21. The minimum Gasteiger partial charge on any atom is -0.348 e. The fourth-order valence-electron chi connectivity index (χ4n) is 3.40. The van der Waals surface area contributed by atoms with Gasteiger partial charge in [-0.15, -0.1) is 23.2 Å². The van der Waals surface area contributed by atoms with Crippen molar-refractivity contribution in [3.05, 3.63) is 62.6 Å². The van der Waals surface area contributed by atoms with E-state index in [0.717, 1.165) is 11.5 Å². The van der Waals surface area contributed by atoms with Gasteiger partial charge in [0.25, 0.3) is 5.91 Å². The van der Waals surface area contributed by atoms with Crippen LogP contribution in [0.15, 0.2) is 36.4 Å². The Hall–Kier alpha value is -0.820. The Morgan fingerprint density at radius 3 is 2.27 bits per heavy atom. The van der Waals surface area contributed by atoms with E-state index in [-0.39, 0.29) is 17.9 Å². The Labute approximate surface area is 202 Å². The highest BCUT2D eigenvalue weighted by Crippen LogP contribution is 2.65. The number of hydrogen-bond donors (Lipinski definition) is 2. The maximum absolute atomic E-state index is 12.9. The molecule has 4 rings (SSSR count). The van der Waals surface area contributed by atoms with Gasteiger partial charge in [-0.1, -0.05) is 34.8 Å². The van der Waals surface area contributed by atoms with Gasteiger partial charge in [0, 0.05) is 39.2 Å². The number of nitrogens with one attached hydrogen (secondary N) is 2. The molecular weight excluding hydrogens is 510 g/mol. The number of anilines is 1. The number of carbonyl (C=O) groups is 2. The molecule has 4 nitrogen and oxygen atoms in total. The van der Waals surface area contributed by atoms with Crippen LogP contribution in [0.3, 0.4) is 0 Å². The summed E-state index contributed by atoms with van der Waals surface area (Å²) in [5, 5.41) is 6.87. The molecule has 2 fully saturated rings. The van der Waals surface area contributed by atoms with Crippen LogP contribution < -0.4 is 10.6 Å². The van der Waals surface area contributed by atoms with Crippen molar-refractivity contribution in [2.45, 2.75) is 16.3 Å². The van der Waals surface area contributed by atoms with Crippen LogP contribution in [-0.2, 0) is 4.79 Å². The van der Waals surface area contributed by atoms with Gasteiger partial charge >= 0.3 is 0 Å². The van der Waals surface area contributed by atoms with E-state index < -0.39 is 16.2 Å². The minimum atomic E-state index is -1.29. The largest absolute Gasteiger partial charge is 0.348 e. The van der Waals surface area contributed by atoms with Crippen LogP contribution in [0.4, 0.5) is 5.69 Å². The molecule has 2 unspecified atom stereocenters. The summed E-state index contributed by atoms with van der Waals surface area (Å²) in [6.45, 7) is 0. The number of carbonyl (C=O) groups excluding carboxylic acids is 2. The molecule has 2 aromatic carbocycles. The molecule has 158 valence electrons. The highest BCUT2D eigenvalue weighted by atomic mass is 35.5. The van der Waals surface area contributed by atoms with Crippen molar-refractivity contribution in [1.29, 1.82) is 0 Å². The highest BCUT2D eigenvalue weighted by Gasteiger charge is 2.67. The van der Waals surface area contributed by atoms with E-state index in [2.05, 4.69) is 10.6 Å². The summed E-state index contributed by atoms with van der Waals surface area (Å²) in [5.41, 5.74) is 1.41. The third-order valence-electron chi connectivity index (χ3n) is 5.03. The fourth-order valence-corrected chi connectivity index (χ4v) is 5.61. The van der Waals surface area contributed by atoms with E-state index in [4.69, 9.17) is 58.0 Å². The molecule has 2 aromatic rings. The highest BCUT2D eigenvalue weighted by molar-refractivity contribution is 8.00. The first-order valence-corrected chi connectivity index (χ1v) is 12.0. The van der Waals surface area contributed by atoms with Crippen molar-refractivity contribution in [2.24, 2.45) is 5.92 Å². The van der Waals surface area contributed by atoms with E-state index >= 15 is 0 Å². The van der Waals surface area contributed by atoms with Crippen LogP contribution in [0.2, 0.25) is 15.1 Å². The molecule has 1 aliphatic carbocycles. The number of benzene rings is 2. The van der Waals surface area contributed by atoms with Crippen molar-refractivity contribution >= 4 is 87.3 Å². The molecule has 1 saturated carbocycles. The fraction of sp³-hybridized carbons (Fsp3) is 0.300. The van der Waals surface area contributed by atoms with Gasteiger partial charge in [-0.3, -0.25) is 9.59 Å². The van der Waals surface area contributed by atoms with Crippen LogP contribution in [-0.4, -0.2) is 33.7 Å². The monoisotopic (exact) mass is 522 g/mol. The molecule has 0 aromatic heterocycles. The lowest BCUT2D eigenvalue weighted by Crippen LogP contribution is -2.43. The number of halogens is 5. The van der Waals surface area contributed by atoms with Crippen molar-refractivity contribution in [2.75, 3.05) is 16.8 Å². The van der Waals surface area contributed by atoms with Crippen LogP contribution in [0.1, 0.15) is 21.8 Å². The average molecular weight is 525 g/mol. The Balaban J connectivity index is 1.49. The molecule has 30 heavy (non-hydrogen) atoms. The summed E-state index contributed by atoms with van der Waals surface area (Å²) in [6, 6.07) is 9.84. The van der Waals surface area contributed by atoms with Crippen LogP contribution in [0.5, 0.6) is 0 Å². The smallest absolute Gasteiger partial charge is 0.253 e. The van der Waals surface area contributed by atoms with Crippen LogP contribution >= 0.6 is 69.8 Å². The van der Waals surface area contributed by atoms with Crippen molar-refractivity contribution in [3.63, 3.8) is 0 Å². The Morgan fingerprint density at radius 1 is 1.00 bits per heavy atom. The van der Waals surface area contributed by atoms with Gasteiger partial charge in [0.2, 0.25) is 5.91 Å². The Morgan fingerprint density at radius 2 is 1.67 bits per heavy atom. The predicted molar refractivity (Wildman–Crippen MR) is 126 cm³/mol. The van der Waals surface area contributed by atoms with Gasteiger partial charge in [0.15, 0.2) is 0 Å². The summed E-state index contributed by atoms with van der Waals surface area (Å²) in [6.07, 6.45) is 0. The second-order valence-electron chi connectivity index (χ2n) is 7.22. The lowest BCUT2D eigenvalue weighted by atomic mass is 10.1. The van der Waals surface area contributed by atoms with E-state index in [0.29, 0.717) is 31.9 Å². The summed E-state index contributed by atoms with van der Waals surface area (Å²) in [7, 11) is 0. The lowest BCUT2D eigenvalue weighted by Gasteiger charge is -2.26. The normalized spacial score (nSPS) is 22.2. The standard InChI is InChI=1S/C20H15Cl5N2O2S/c21-10-3-9(4-11(22)5-10)16-17(20(16,24)25)19(29)26-12-1-2-15(23)14(6-12)18(28)27-13-7-30-8-13/h1-6,13,16-17H,7-8H2,(H,26,29)(H,27,28). The number of rotatable bonds is 5. The summed E-state index contributed by atoms with van der Waals surface area (Å²) >= 11 is 32.8. The number of alkyl halides is 2. The molecule has 1 aliphatic heterocycles. The van der Waals surface area contributed by atoms with E-state index in [1.54, 1.807) is 48.2 Å². The van der Waals surface area contributed by atoms with E-state index in [9.17, 15) is 9.59 Å². The first kappa shape index (κ1) is 22.4. The zero-order valence-electron chi connectivity index (χ0n) is 15.2. The van der Waals surface area contributed by atoms with Gasteiger partial charge in [0.1, 0.15) is 4.33 Å². The number of hydrogen-bond acceptors (Lipinski definition) is 3. The minimum absolute atomic E-state index is 0.140. The van der Waals surface area contributed by atoms with Gasteiger partial charge in [-0.2, -0.15) is 11.8 Å². The second kappa shape index (κ2) is 8.61. The predicted octanol–water partition coefficient (Wildman–Crippen LogP) is 6.02. The maximum Gasteiger partial charge on any atom is 0.253 e. The Kier molecular flexibility index (Phi) is 6.42. The SMILES string of the molecule is O=C(NC1CSC1)c1cc(NC(=O)C2C(c3cc(Cl)cc(Cl)c3)C2(Cl)Cl)ccc1Cl. The first-order chi connectivity index (χ1) is 14.2. The maximum atomic E-state index is 12.9. The summed E-state index contributed by atoms with van der Waals surface area (Å²) in [4.78, 5) is 25.3. The van der Waals surface area contributed by atoms with E-state index in [1.165, 1.54) is 0 Å². The van der Waals surface area contributed by atoms with Crippen LogP contribution in [0.25, 0.3) is 0 Å². The molecule has 1 saturated heterocycles. The van der Waals surface area contributed by atoms with Crippen molar-refractivity contribution in [3.8, 4) is 0 Å². The van der Waals surface area contributed by atoms with Gasteiger partial charge in [0.05, 0.1) is 16.5 Å². The zero-order chi connectivity index (χ0) is 21.6. The first-order valence-electron chi connectivity index (χ1n) is 8.99. The molecule has 2 aliphatic rings. The van der Waals surface area contributed by atoms with Gasteiger partial charge in [-0.05, 0) is 42.0 Å². The molecule has 0 spiro atoms. The zero-order valence-corrected chi connectivity index (χ0v) is 19.8. The molecule has 10 heteroatoms. The molecular formula is C20H15Cl5N2O2S. The number of thioether (sulfide) groups is 1. The molecule has 2 amide bonds. The molecule has 2 N–H and O–H groups in total.